The van der Waals surface area contributed by atoms with E-state index in [2.05, 4.69) is 16.0 Å². The number of nitrogens with one attached hydrogen (secondary N) is 3. The molecule has 106 valence electrons. The van der Waals surface area contributed by atoms with E-state index in [0.717, 1.165) is 0 Å². The number of amides is 4. The minimum Gasteiger partial charge on any atom is -0.480 e. The zero-order chi connectivity index (χ0) is 14.4. The third kappa shape index (κ3) is 4.57. The van der Waals surface area contributed by atoms with Gasteiger partial charge in [0.25, 0.3) is 0 Å². The van der Waals surface area contributed by atoms with Gasteiger partial charge < -0.3 is 15.7 Å². The number of carbonyl (C=O) groups is 4. The fourth-order valence-electron chi connectivity index (χ4n) is 1.74. The third-order valence-corrected chi connectivity index (χ3v) is 2.73. The van der Waals surface area contributed by atoms with Crippen molar-refractivity contribution in [1.29, 1.82) is 0 Å². The van der Waals surface area contributed by atoms with E-state index in [-0.39, 0.29) is 18.7 Å². The Balaban J connectivity index is 2.48. The molecule has 1 aliphatic rings. The van der Waals surface area contributed by atoms with Crippen molar-refractivity contribution in [3.63, 3.8) is 0 Å². The summed E-state index contributed by atoms with van der Waals surface area (Å²) in [7, 11) is 0. The molecule has 19 heavy (non-hydrogen) atoms. The average molecular weight is 271 g/mol. The van der Waals surface area contributed by atoms with Crippen LogP contribution in [-0.2, 0) is 14.4 Å². The normalized spacial score (nSPS) is 20.4. The molecular weight excluding hydrogens is 254 g/mol. The molecule has 0 saturated carbocycles. The monoisotopic (exact) mass is 271 g/mol. The molecule has 1 fully saturated rings. The second kappa shape index (κ2) is 6.72. The Kier molecular flexibility index (Phi) is 5.28. The minimum atomic E-state index is -1.12. The van der Waals surface area contributed by atoms with Crippen LogP contribution in [0, 0.1) is 0 Å². The molecule has 4 N–H and O–H groups in total. The molecule has 0 bridgehead atoms. The largest absolute Gasteiger partial charge is 0.480 e. The lowest BCUT2D eigenvalue weighted by molar-refractivity contribution is -0.139. The number of carboxylic acid groups (broad SMARTS) is 1. The number of rotatable bonds is 5. The second-order valence-electron chi connectivity index (χ2n) is 4.30. The van der Waals surface area contributed by atoms with E-state index in [1.807, 2.05) is 0 Å². The number of carboxylic acids is 1. The summed E-state index contributed by atoms with van der Waals surface area (Å²) in [6.07, 6.45) is 1.27. The highest BCUT2D eigenvalue weighted by atomic mass is 16.4. The van der Waals surface area contributed by atoms with Crippen LogP contribution in [0.2, 0.25) is 0 Å². The van der Waals surface area contributed by atoms with Crippen LogP contribution in [0.3, 0.4) is 0 Å². The Bertz CT molecular complexity index is 396. The van der Waals surface area contributed by atoms with Crippen molar-refractivity contribution in [2.45, 2.75) is 44.7 Å². The van der Waals surface area contributed by atoms with Gasteiger partial charge in [0, 0.05) is 6.42 Å². The summed E-state index contributed by atoms with van der Waals surface area (Å²) in [6.45, 7) is 1.80. The first-order valence-corrected chi connectivity index (χ1v) is 6.07. The summed E-state index contributed by atoms with van der Waals surface area (Å²) in [5.74, 6) is -2.08. The minimum absolute atomic E-state index is 0.147. The Morgan fingerprint density at radius 2 is 2.16 bits per heavy atom. The van der Waals surface area contributed by atoms with E-state index in [9.17, 15) is 19.2 Å². The first kappa shape index (κ1) is 14.9. The molecule has 1 aliphatic heterocycles. The third-order valence-electron chi connectivity index (χ3n) is 2.73. The van der Waals surface area contributed by atoms with Gasteiger partial charge >= 0.3 is 12.0 Å². The van der Waals surface area contributed by atoms with E-state index in [1.165, 1.54) is 0 Å². The summed E-state index contributed by atoms with van der Waals surface area (Å²) < 4.78 is 0. The van der Waals surface area contributed by atoms with E-state index < -0.39 is 30.0 Å². The van der Waals surface area contributed by atoms with Gasteiger partial charge in [-0.3, -0.25) is 14.9 Å². The number of hydrogen-bond donors (Lipinski definition) is 4. The molecule has 0 aromatic heterocycles. The second-order valence-corrected chi connectivity index (χ2v) is 4.30. The molecule has 1 saturated heterocycles. The molecule has 1 rings (SSSR count). The maximum absolute atomic E-state index is 11.6. The summed E-state index contributed by atoms with van der Waals surface area (Å²) in [4.78, 5) is 44.7. The molecule has 8 nitrogen and oxygen atoms in total. The number of imide groups is 1. The first-order chi connectivity index (χ1) is 8.93. The summed E-state index contributed by atoms with van der Waals surface area (Å²) >= 11 is 0. The van der Waals surface area contributed by atoms with Gasteiger partial charge in [-0.05, 0) is 12.8 Å². The lowest BCUT2D eigenvalue weighted by atomic mass is 10.1. The van der Waals surface area contributed by atoms with Gasteiger partial charge in [-0.15, -0.1) is 0 Å². The van der Waals surface area contributed by atoms with Crippen molar-refractivity contribution < 1.29 is 24.3 Å². The topological polar surface area (TPSA) is 125 Å². The van der Waals surface area contributed by atoms with Crippen LogP contribution < -0.4 is 16.0 Å². The molecule has 4 amide bonds. The lowest BCUT2D eigenvalue weighted by Crippen LogP contribution is -2.56. The van der Waals surface area contributed by atoms with E-state index in [0.29, 0.717) is 12.8 Å². The molecule has 2 atom stereocenters. The molecule has 8 heteroatoms. The van der Waals surface area contributed by atoms with Gasteiger partial charge in [-0.25, -0.2) is 9.59 Å². The fourth-order valence-corrected chi connectivity index (χ4v) is 1.74. The predicted molar refractivity (Wildman–Crippen MR) is 64.2 cm³/mol. The molecule has 0 radical (unpaired) electrons. The van der Waals surface area contributed by atoms with Crippen LogP contribution in [0.25, 0.3) is 0 Å². The Morgan fingerprint density at radius 3 is 2.68 bits per heavy atom. The van der Waals surface area contributed by atoms with Crippen molar-refractivity contribution in [3.8, 4) is 0 Å². The number of carbonyl (C=O) groups excluding carboxylic acids is 3. The van der Waals surface area contributed by atoms with Gasteiger partial charge in [0.1, 0.15) is 12.1 Å². The summed E-state index contributed by atoms with van der Waals surface area (Å²) in [6, 6.07) is -2.53. The zero-order valence-corrected chi connectivity index (χ0v) is 10.6. The molecule has 0 aromatic rings. The van der Waals surface area contributed by atoms with Gasteiger partial charge in [0.15, 0.2) is 0 Å². The molecule has 0 aliphatic carbocycles. The lowest BCUT2D eigenvalue weighted by Gasteiger charge is -2.23. The van der Waals surface area contributed by atoms with Gasteiger partial charge in [-0.1, -0.05) is 13.3 Å². The Morgan fingerprint density at radius 1 is 1.47 bits per heavy atom. The van der Waals surface area contributed by atoms with Crippen LogP contribution in [0.4, 0.5) is 4.79 Å². The standard InChI is InChI=1S/C11H17N3O5/c1-2-3-7(10(17)18)13-11(19)12-6-4-5-8(15)14-9(6)16/h6-7H,2-5H2,1H3,(H,17,18)(H2,12,13,19)(H,14,15,16)/t6?,7-/m1/s1. The Hall–Kier alpha value is -2.12. The van der Waals surface area contributed by atoms with Crippen molar-refractivity contribution in [3.05, 3.63) is 0 Å². The molecule has 0 aromatic carbocycles. The van der Waals surface area contributed by atoms with Crippen LogP contribution >= 0.6 is 0 Å². The van der Waals surface area contributed by atoms with Crippen LogP contribution in [0.15, 0.2) is 0 Å². The molecular formula is C11H17N3O5. The molecule has 1 unspecified atom stereocenters. The fraction of sp³-hybridized carbons (Fsp3) is 0.636. The van der Waals surface area contributed by atoms with Crippen molar-refractivity contribution >= 4 is 23.8 Å². The highest BCUT2D eigenvalue weighted by molar-refractivity contribution is 6.01. The quantitative estimate of drug-likeness (QED) is 0.494. The number of urea groups is 1. The van der Waals surface area contributed by atoms with Gasteiger partial charge in [-0.2, -0.15) is 0 Å². The highest BCUT2D eigenvalue weighted by Crippen LogP contribution is 2.04. The molecule has 1 heterocycles. The van der Waals surface area contributed by atoms with Crippen molar-refractivity contribution in [2.24, 2.45) is 0 Å². The summed E-state index contributed by atoms with van der Waals surface area (Å²) in [5, 5.41) is 15.6. The number of piperidine rings is 1. The van der Waals surface area contributed by atoms with E-state index in [1.54, 1.807) is 6.92 Å². The predicted octanol–water partition coefficient (Wildman–Crippen LogP) is -0.656. The zero-order valence-electron chi connectivity index (χ0n) is 10.6. The van der Waals surface area contributed by atoms with E-state index >= 15 is 0 Å². The van der Waals surface area contributed by atoms with Crippen LogP contribution in [0.5, 0.6) is 0 Å². The van der Waals surface area contributed by atoms with Crippen molar-refractivity contribution in [1.82, 2.24) is 16.0 Å². The highest BCUT2D eigenvalue weighted by Gasteiger charge is 2.28. The van der Waals surface area contributed by atoms with Crippen molar-refractivity contribution in [2.75, 3.05) is 0 Å². The maximum atomic E-state index is 11.6. The van der Waals surface area contributed by atoms with Gasteiger partial charge in [0.05, 0.1) is 0 Å². The first-order valence-electron chi connectivity index (χ1n) is 6.07. The maximum Gasteiger partial charge on any atom is 0.326 e. The number of hydrogen-bond acceptors (Lipinski definition) is 4. The molecule has 0 spiro atoms. The SMILES string of the molecule is CCC[C@@H](NC(=O)NC1CCC(=O)NC1=O)C(=O)O. The van der Waals surface area contributed by atoms with E-state index in [4.69, 9.17) is 5.11 Å². The Labute approximate surface area is 109 Å². The summed E-state index contributed by atoms with van der Waals surface area (Å²) in [5.41, 5.74) is 0. The smallest absolute Gasteiger partial charge is 0.326 e. The van der Waals surface area contributed by atoms with Crippen LogP contribution in [0.1, 0.15) is 32.6 Å². The number of aliphatic carboxylic acids is 1. The van der Waals surface area contributed by atoms with Crippen LogP contribution in [-0.4, -0.2) is 41.0 Å². The van der Waals surface area contributed by atoms with Gasteiger partial charge in [0.2, 0.25) is 11.8 Å². The average Bonchev–Trinajstić information content (AvgIpc) is 2.32.